The summed E-state index contributed by atoms with van der Waals surface area (Å²) in [5.74, 6) is -0.0402. The van der Waals surface area contributed by atoms with Crippen LogP contribution in [0.25, 0.3) is 0 Å². The average Bonchev–Trinajstić information content (AvgIpc) is 2.71. The molecule has 0 spiro atoms. The van der Waals surface area contributed by atoms with Crippen molar-refractivity contribution < 1.29 is 9.53 Å². The third-order valence-electron chi connectivity index (χ3n) is 4.90. The van der Waals surface area contributed by atoms with Gasteiger partial charge < -0.3 is 10.1 Å². The van der Waals surface area contributed by atoms with Crippen molar-refractivity contribution in [1.29, 1.82) is 0 Å². The van der Waals surface area contributed by atoms with Crippen molar-refractivity contribution in [3.05, 3.63) is 71.3 Å². The molecule has 1 fully saturated rings. The van der Waals surface area contributed by atoms with Gasteiger partial charge in [-0.05, 0) is 23.3 Å². The molecule has 1 aliphatic rings. The third-order valence-corrected chi connectivity index (χ3v) is 4.90. The van der Waals surface area contributed by atoms with Crippen LogP contribution < -0.4 is 5.32 Å². The molecular weight excluding hydrogens is 338 g/mol. The molecule has 2 aromatic carbocycles. The fraction of sp³-hybridized carbons (Fsp3) is 0.409. The molecule has 3 rings (SSSR count). The first-order valence-electron chi connectivity index (χ1n) is 9.59. The number of carbonyl (C=O) groups is 1. The third kappa shape index (κ3) is 6.17. The minimum absolute atomic E-state index is 0.0402. The first-order valence-corrected chi connectivity index (χ1v) is 9.59. The smallest absolute Gasteiger partial charge is 0.251 e. The number of nitrogens with one attached hydrogen (secondary N) is 1. The minimum Gasteiger partial charge on any atom is -0.383 e. The number of rotatable bonds is 8. The number of methoxy groups -OCH3 is 1. The summed E-state index contributed by atoms with van der Waals surface area (Å²) in [7, 11) is 1.63. The Bertz CT molecular complexity index is 713. The SMILES string of the molecule is COCCNC(=O)c1cccc(CN2CCN(Cc3ccccc3)CC2)c1. The maximum Gasteiger partial charge on any atom is 0.251 e. The summed E-state index contributed by atoms with van der Waals surface area (Å²) in [6.07, 6.45) is 0. The van der Waals surface area contributed by atoms with Crippen LogP contribution in [0.3, 0.4) is 0 Å². The van der Waals surface area contributed by atoms with Gasteiger partial charge in [0.05, 0.1) is 6.61 Å². The minimum atomic E-state index is -0.0402. The normalized spacial score (nSPS) is 15.6. The molecule has 5 heteroatoms. The molecule has 0 unspecified atom stereocenters. The first-order chi connectivity index (χ1) is 13.2. The fourth-order valence-electron chi connectivity index (χ4n) is 3.38. The molecule has 1 heterocycles. The zero-order chi connectivity index (χ0) is 18.9. The van der Waals surface area contributed by atoms with Gasteiger partial charge in [0.2, 0.25) is 0 Å². The Kier molecular flexibility index (Phi) is 7.39. The molecule has 0 bridgehead atoms. The Morgan fingerprint density at radius 3 is 2.22 bits per heavy atom. The lowest BCUT2D eigenvalue weighted by atomic mass is 10.1. The molecule has 0 saturated carbocycles. The molecular formula is C22H29N3O2. The second kappa shape index (κ2) is 10.2. The number of benzene rings is 2. The van der Waals surface area contributed by atoms with E-state index in [0.29, 0.717) is 18.7 Å². The van der Waals surface area contributed by atoms with Crippen LogP contribution in [-0.4, -0.2) is 62.1 Å². The number of piperazine rings is 1. The van der Waals surface area contributed by atoms with Gasteiger partial charge in [-0.1, -0.05) is 42.5 Å². The predicted molar refractivity (Wildman–Crippen MR) is 108 cm³/mol. The number of amides is 1. The number of hydrogen-bond acceptors (Lipinski definition) is 4. The predicted octanol–water partition coefficient (Wildman–Crippen LogP) is 2.38. The van der Waals surface area contributed by atoms with Crippen LogP contribution in [0.2, 0.25) is 0 Å². The Hall–Kier alpha value is -2.21. The van der Waals surface area contributed by atoms with E-state index in [9.17, 15) is 4.79 Å². The highest BCUT2D eigenvalue weighted by Gasteiger charge is 2.17. The van der Waals surface area contributed by atoms with E-state index in [1.54, 1.807) is 7.11 Å². The summed E-state index contributed by atoms with van der Waals surface area (Å²) in [4.78, 5) is 17.2. The van der Waals surface area contributed by atoms with E-state index < -0.39 is 0 Å². The number of ether oxygens (including phenoxy) is 1. The second-order valence-corrected chi connectivity index (χ2v) is 6.99. The molecule has 2 aromatic rings. The molecule has 144 valence electrons. The highest BCUT2D eigenvalue weighted by Crippen LogP contribution is 2.13. The molecule has 1 amide bonds. The molecule has 1 aliphatic heterocycles. The van der Waals surface area contributed by atoms with Crippen LogP contribution >= 0.6 is 0 Å². The highest BCUT2D eigenvalue weighted by atomic mass is 16.5. The monoisotopic (exact) mass is 367 g/mol. The highest BCUT2D eigenvalue weighted by molar-refractivity contribution is 5.94. The van der Waals surface area contributed by atoms with E-state index in [1.165, 1.54) is 11.1 Å². The number of hydrogen-bond donors (Lipinski definition) is 1. The van der Waals surface area contributed by atoms with Gasteiger partial charge in [0, 0.05) is 58.5 Å². The Morgan fingerprint density at radius 1 is 0.926 bits per heavy atom. The van der Waals surface area contributed by atoms with Gasteiger partial charge in [-0.3, -0.25) is 14.6 Å². The van der Waals surface area contributed by atoms with Crippen molar-refractivity contribution in [2.75, 3.05) is 46.4 Å². The van der Waals surface area contributed by atoms with Gasteiger partial charge in [0.15, 0.2) is 0 Å². The van der Waals surface area contributed by atoms with Crippen LogP contribution in [0.5, 0.6) is 0 Å². The number of nitrogens with zero attached hydrogens (tertiary/aromatic N) is 2. The Labute approximate surface area is 161 Å². The molecule has 5 nitrogen and oxygen atoms in total. The lowest BCUT2D eigenvalue weighted by Crippen LogP contribution is -2.45. The first kappa shape index (κ1) is 19.5. The van der Waals surface area contributed by atoms with Crippen molar-refractivity contribution in [2.45, 2.75) is 13.1 Å². The summed E-state index contributed by atoms with van der Waals surface area (Å²) < 4.78 is 4.97. The average molecular weight is 367 g/mol. The molecule has 1 N–H and O–H groups in total. The fourth-order valence-corrected chi connectivity index (χ4v) is 3.38. The molecule has 1 saturated heterocycles. The quantitative estimate of drug-likeness (QED) is 0.728. The summed E-state index contributed by atoms with van der Waals surface area (Å²) in [5.41, 5.74) is 3.27. The molecule has 0 aromatic heterocycles. The van der Waals surface area contributed by atoms with E-state index in [1.807, 2.05) is 18.2 Å². The molecule has 0 aliphatic carbocycles. The second-order valence-electron chi connectivity index (χ2n) is 6.99. The van der Waals surface area contributed by atoms with Gasteiger partial charge in [-0.2, -0.15) is 0 Å². The lowest BCUT2D eigenvalue weighted by Gasteiger charge is -2.34. The molecule has 0 radical (unpaired) electrons. The van der Waals surface area contributed by atoms with Crippen molar-refractivity contribution >= 4 is 5.91 Å². The van der Waals surface area contributed by atoms with Crippen molar-refractivity contribution in [2.24, 2.45) is 0 Å². The summed E-state index contributed by atoms with van der Waals surface area (Å²) in [5, 5.41) is 2.88. The zero-order valence-electron chi connectivity index (χ0n) is 16.1. The van der Waals surface area contributed by atoms with Crippen molar-refractivity contribution in [3.8, 4) is 0 Å². The van der Waals surface area contributed by atoms with Crippen LogP contribution in [0.1, 0.15) is 21.5 Å². The molecule has 0 atom stereocenters. The van der Waals surface area contributed by atoms with Gasteiger partial charge in [0.1, 0.15) is 0 Å². The summed E-state index contributed by atoms with van der Waals surface area (Å²) in [6.45, 7) is 7.22. The zero-order valence-corrected chi connectivity index (χ0v) is 16.1. The summed E-state index contributed by atoms with van der Waals surface area (Å²) >= 11 is 0. The Balaban J connectivity index is 1.47. The van der Waals surface area contributed by atoms with Crippen LogP contribution in [-0.2, 0) is 17.8 Å². The van der Waals surface area contributed by atoms with Gasteiger partial charge >= 0.3 is 0 Å². The van der Waals surface area contributed by atoms with Gasteiger partial charge in [-0.25, -0.2) is 0 Å². The van der Waals surface area contributed by atoms with Crippen molar-refractivity contribution in [3.63, 3.8) is 0 Å². The van der Waals surface area contributed by atoms with Crippen LogP contribution in [0.4, 0.5) is 0 Å². The molecule has 27 heavy (non-hydrogen) atoms. The largest absolute Gasteiger partial charge is 0.383 e. The van der Waals surface area contributed by atoms with E-state index in [2.05, 4.69) is 51.5 Å². The van der Waals surface area contributed by atoms with Crippen molar-refractivity contribution in [1.82, 2.24) is 15.1 Å². The van der Waals surface area contributed by atoms with E-state index in [-0.39, 0.29) is 5.91 Å². The number of carbonyl (C=O) groups excluding carboxylic acids is 1. The van der Waals surface area contributed by atoms with Crippen LogP contribution in [0, 0.1) is 0 Å². The Morgan fingerprint density at radius 2 is 1.56 bits per heavy atom. The van der Waals surface area contributed by atoms with E-state index >= 15 is 0 Å². The van der Waals surface area contributed by atoms with E-state index in [4.69, 9.17) is 4.74 Å². The van der Waals surface area contributed by atoms with Gasteiger partial charge in [0.25, 0.3) is 5.91 Å². The standard InChI is InChI=1S/C22H29N3O2/c1-27-15-10-23-22(26)21-9-5-8-20(16-21)18-25-13-11-24(12-14-25)17-19-6-3-2-4-7-19/h2-9,16H,10-15,17-18H2,1H3,(H,23,26). The topological polar surface area (TPSA) is 44.8 Å². The van der Waals surface area contributed by atoms with Gasteiger partial charge in [-0.15, -0.1) is 0 Å². The maximum atomic E-state index is 12.2. The van der Waals surface area contributed by atoms with Crippen LogP contribution in [0.15, 0.2) is 54.6 Å². The summed E-state index contributed by atoms with van der Waals surface area (Å²) in [6, 6.07) is 18.6. The lowest BCUT2D eigenvalue weighted by molar-refractivity contribution is 0.0936. The van der Waals surface area contributed by atoms with E-state index in [0.717, 1.165) is 39.3 Å². The maximum absolute atomic E-state index is 12.2.